The van der Waals surface area contributed by atoms with Crippen molar-refractivity contribution in [2.75, 3.05) is 13.6 Å². The molecule has 0 amide bonds. The second-order valence-electron chi connectivity index (χ2n) is 3.73. The van der Waals surface area contributed by atoms with Crippen LogP contribution in [0.5, 0.6) is 0 Å². The second-order valence-corrected chi connectivity index (χ2v) is 3.73. The van der Waals surface area contributed by atoms with E-state index in [-0.39, 0.29) is 0 Å². The highest BCUT2D eigenvalue weighted by atomic mass is 15.2. The highest BCUT2D eigenvalue weighted by Crippen LogP contribution is 2.48. The van der Waals surface area contributed by atoms with Crippen LogP contribution in [0.1, 0.15) is 13.3 Å². The Labute approximate surface area is 62.4 Å². The summed E-state index contributed by atoms with van der Waals surface area (Å²) in [7, 11) is 2.22. The van der Waals surface area contributed by atoms with Crippen molar-refractivity contribution in [3.05, 3.63) is 0 Å². The summed E-state index contributed by atoms with van der Waals surface area (Å²) in [6.45, 7) is 3.50. The first-order valence-corrected chi connectivity index (χ1v) is 4.21. The van der Waals surface area contributed by atoms with E-state index in [0.29, 0.717) is 6.04 Å². The van der Waals surface area contributed by atoms with Gasteiger partial charge in [0.15, 0.2) is 0 Å². The highest BCUT2D eigenvalue weighted by Gasteiger charge is 2.57. The van der Waals surface area contributed by atoms with Crippen LogP contribution in [0.4, 0.5) is 0 Å². The topological polar surface area (TPSA) is 29.3 Å². The monoisotopic (exact) mass is 140 g/mol. The minimum absolute atomic E-state index is 0.543. The van der Waals surface area contributed by atoms with Crippen LogP contribution in [0.25, 0.3) is 0 Å². The lowest BCUT2D eigenvalue weighted by atomic mass is 10.1. The molecule has 2 rings (SSSR count). The first kappa shape index (κ1) is 6.62. The molecule has 0 bridgehead atoms. The van der Waals surface area contributed by atoms with E-state index in [0.717, 1.165) is 17.9 Å². The van der Waals surface area contributed by atoms with E-state index >= 15 is 0 Å². The van der Waals surface area contributed by atoms with Gasteiger partial charge in [-0.1, -0.05) is 6.92 Å². The first-order valence-electron chi connectivity index (χ1n) is 4.21. The third kappa shape index (κ3) is 0.663. The first-order chi connectivity index (χ1) is 4.75. The summed E-state index contributed by atoms with van der Waals surface area (Å²) in [5.74, 6) is 1.69. The zero-order valence-electron chi connectivity index (χ0n) is 6.75. The molecule has 0 radical (unpaired) electrons. The van der Waals surface area contributed by atoms with Crippen molar-refractivity contribution in [2.24, 2.45) is 17.6 Å². The maximum Gasteiger partial charge on any atom is 0.0137 e. The van der Waals surface area contributed by atoms with Crippen LogP contribution in [0.2, 0.25) is 0 Å². The van der Waals surface area contributed by atoms with Crippen LogP contribution in [0.15, 0.2) is 0 Å². The summed E-state index contributed by atoms with van der Waals surface area (Å²) in [6, 6.07) is 1.33. The van der Waals surface area contributed by atoms with Crippen LogP contribution in [-0.2, 0) is 0 Å². The van der Waals surface area contributed by atoms with E-state index in [1.165, 1.54) is 13.0 Å². The van der Waals surface area contributed by atoms with E-state index in [4.69, 9.17) is 5.73 Å². The lowest BCUT2D eigenvalue weighted by Crippen LogP contribution is -2.33. The fourth-order valence-electron chi connectivity index (χ4n) is 2.56. The average molecular weight is 140 g/mol. The van der Waals surface area contributed by atoms with Gasteiger partial charge in [0.2, 0.25) is 0 Å². The average Bonchev–Trinajstić information content (AvgIpc) is 2.45. The second kappa shape index (κ2) is 1.95. The van der Waals surface area contributed by atoms with E-state index in [9.17, 15) is 0 Å². The van der Waals surface area contributed by atoms with Crippen LogP contribution in [0, 0.1) is 11.8 Å². The lowest BCUT2D eigenvalue weighted by molar-refractivity contribution is 0.255. The molecular formula is C8H16N2. The van der Waals surface area contributed by atoms with Crippen molar-refractivity contribution in [2.45, 2.75) is 25.4 Å². The number of fused-ring (bicyclic) bond motifs is 1. The molecule has 10 heavy (non-hydrogen) atoms. The smallest absolute Gasteiger partial charge is 0.0137 e. The van der Waals surface area contributed by atoms with Gasteiger partial charge in [0.25, 0.3) is 0 Å². The van der Waals surface area contributed by atoms with E-state index in [2.05, 4.69) is 18.9 Å². The molecule has 0 unspecified atom stereocenters. The van der Waals surface area contributed by atoms with Gasteiger partial charge in [-0.3, -0.25) is 0 Å². The fourth-order valence-corrected chi connectivity index (χ4v) is 2.56. The number of piperidine rings is 1. The van der Waals surface area contributed by atoms with Gasteiger partial charge in [-0.2, -0.15) is 0 Å². The Balaban J connectivity index is 2.04. The molecule has 1 heterocycles. The van der Waals surface area contributed by atoms with E-state index in [1.807, 2.05) is 0 Å². The normalized spacial score (nSPS) is 53.1. The zero-order chi connectivity index (χ0) is 7.30. The highest BCUT2D eigenvalue weighted by molar-refractivity contribution is 5.12. The fraction of sp³-hybridized carbons (Fsp3) is 1.00. The van der Waals surface area contributed by atoms with Gasteiger partial charge < -0.3 is 10.6 Å². The minimum atomic E-state index is 0.543. The van der Waals surface area contributed by atoms with Gasteiger partial charge in [0, 0.05) is 18.6 Å². The van der Waals surface area contributed by atoms with E-state index < -0.39 is 0 Å². The molecule has 0 aromatic carbocycles. The molecule has 1 saturated carbocycles. The largest absolute Gasteiger partial charge is 0.327 e. The van der Waals surface area contributed by atoms with Gasteiger partial charge in [-0.05, 0) is 25.3 Å². The van der Waals surface area contributed by atoms with Crippen molar-refractivity contribution in [3.63, 3.8) is 0 Å². The Hall–Kier alpha value is -0.0800. The van der Waals surface area contributed by atoms with Gasteiger partial charge in [-0.15, -0.1) is 0 Å². The maximum absolute atomic E-state index is 5.87. The predicted octanol–water partition coefficient (Wildman–Crippen LogP) is 0.284. The van der Waals surface area contributed by atoms with E-state index in [1.54, 1.807) is 0 Å². The van der Waals surface area contributed by atoms with Crippen LogP contribution < -0.4 is 5.73 Å². The number of hydrogen-bond donors (Lipinski definition) is 1. The van der Waals surface area contributed by atoms with Crippen molar-refractivity contribution in [1.82, 2.24) is 4.90 Å². The molecule has 2 nitrogen and oxygen atoms in total. The molecule has 1 aliphatic heterocycles. The molecule has 0 spiro atoms. The molecule has 2 aliphatic rings. The number of nitrogens with two attached hydrogens (primary N) is 1. The Kier molecular flexibility index (Phi) is 1.29. The Morgan fingerprint density at radius 3 is 2.70 bits per heavy atom. The lowest BCUT2D eigenvalue weighted by Gasteiger charge is -2.22. The Morgan fingerprint density at radius 2 is 2.30 bits per heavy atom. The van der Waals surface area contributed by atoms with Crippen LogP contribution in [-0.4, -0.2) is 30.6 Å². The Morgan fingerprint density at radius 1 is 1.60 bits per heavy atom. The summed E-state index contributed by atoms with van der Waals surface area (Å²) in [4.78, 5) is 2.46. The standard InChI is InChI=1S/C8H16N2/c1-3-6-7-5(8(7)9)4-10(6)2/h5-8H,3-4,9H2,1-2H3/t5-,6-,7-,8+/m1/s1. The summed E-state index contributed by atoms with van der Waals surface area (Å²) in [6.07, 6.45) is 1.27. The van der Waals surface area contributed by atoms with Crippen LogP contribution >= 0.6 is 0 Å². The summed E-state index contributed by atoms with van der Waals surface area (Å²) >= 11 is 0. The molecule has 58 valence electrons. The van der Waals surface area contributed by atoms with Gasteiger partial charge >= 0.3 is 0 Å². The summed E-state index contributed by atoms with van der Waals surface area (Å²) in [5, 5.41) is 0. The van der Waals surface area contributed by atoms with Crippen LogP contribution in [0.3, 0.4) is 0 Å². The number of hydrogen-bond acceptors (Lipinski definition) is 2. The summed E-state index contributed by atoms with van der Waals surface area (Å²) in [5.41, 5.74) is 5.87. The van der Waals surface area contributed by atoms with Gasteiger partial charge in [0.05, 0.1) is 0 Å². The number of likely N-dealkylation sites (tertiary alicyclic amines) is 1. The van der Waals surface area contributed by atoms with Crippen molar-refractivity contribution in [3.8, 4) is 0 Å². The molecule has 2 N–H and O–H groups in total. The minimum Gasteiger partial charge on any atom is -0.327 e. The van der Waals surface area contributed by atoms with Gasteiger partial charge in [0.1, 0.15) is 0 Å². The Bertz CT molecular complexity index is 146. The van der Waals surface area contributed by atoms with Gasteiger partial charge in [-0.25, -0.2) is 0 Å². The molecule has 0 aromatic rings. The van der Waals surface area contributed by atoms with Crippen molar-refractivity contribution in [1.29, 1.82) is 0 Å². The molecule has 2 heteroatoms. The quantitative estimate of drug-likeness (QED) is 0.567. The molecule has 2 fully saturated rings. The number of rotatable bonds is 1. The maximum atomic E-state index is 5.87. The van der Waals surface area contributed by atoms with Crippen molar-refractivity contribution < 1.29 is 0 Å². The molecule has 1 aliphatic carbocycles. The molecule has 0 aromatic heterocycles. The predicted molar refractivity (Wildman–Crippen MR) is 41.7 cm³/mol. The third-order valence-electron chi connectivity index (χ3n) is 3.22. The third-order valence-corrected chi connectivity index (χ3v) is 3.22. The summed E-state index contributed by atoms with van der Waals surface area (Å²) < 4.78 is 0. The molecule has 1 saturated heterocycles. The zero-order valence-corrected chi connectivity index (χ0v) is 6.75. The molecule has 4 atom stereocenters. The SMILES string of the molecule is CC[C@@H]1[C@@H]2[C@@H](N)[C@@H]2CN1C. The number of nitrogens with zero attached hydrogens (tertiary/aromatic N) is 1. The van der Waals surface area contributed by atoms with Crippen molar-refractivity contribution >= 4 is 0 Å². The molecular weight excluding hydrogens is 124 g/mol.